The number of nitrogens with zero attached hydrogens (tertiary/aromatic N) is 2. The zero-order valence-corrected chi connectivity index (χ0v) is 13.4. The van der Waals surface area contributed by atoms with Gasteiger partial charge < -0.3 is 9.84 Å². The molecule has 122 valence electrons. The topological polar surface area (TPSA) is 58.4 Å². The van der Waals surface area contributed by atoms with Crippen LogP contribution in [0, 0.1) is 11.7 Å². The standard InChI is InChI=1S/C16H17ClFN3O2/c1-21-6-4-11(9-19-16(22)14-5-7-23-20-14)15(21)10-2-3-12(17)13(18)8-10/h2-3,5,7-8,11,15H,4,6,9H2,1H3,(H,19,22)/t11-,15-/m0/s1. The zero-order valence-electron chi connectivity index (χ0n) is 12.6. The lowest BCUT2D eigenvalue weighted by atomic mass is 9.93. The average molecular weight is 338 g/mol. The van der Waals surface area contributed by atoms with E-state index in [0.717, 1.165) is 18.5 Å². The van der Waals surface area contributed by atoms with Crippen molar-refractivity contribution in [1.82, 2.24) is 15.4 Å². The van der Waals surface area contributed by atoms with E-state index in [2.05, 4.69) is 19.9 Å². The molecule has 0 aliphatic carbocycles. The third-order valence-corrected chi connectivity index (χ3v) is 4.56. The number of benzene rings is 1. The Bertz CT molecular complexity index is 693. The molecule has 7 heteroatoms. The smallest absolute Gasteiger partial charge is 0.273 e. The van der Waals surface area contributed by atoms with Gasteiger partial charge in [-0.05, 0) is 43.6 Å². The van der Waals surface area contributed by atoms with Gasteiger partial charge in [-0.1, -0.05) is 22.8 Å². The van der Waals surface area contributed by atoms with Crippen molar-refractivity contribution in [2.24, 2.45) is 5.92 Å². The van der Waals surface area contributed by atoms with Crippen LogP contribution in [-0.4, -0.2) is 36.1 Å². The van der Waals surface area contributed by atoms with Crippen molar-refractivity contribution in [1.29, 1.82) is 0 Å². The molecule has 0 saturated carbocycles. The number of hydrogen-bond acceptors (Lipinski definition) is 4. The molecule has 0 radical (unpaired) electrons. The fraction of sp³-hybridized carbons (Fsp3) is 0.375. The predicted octanol–water partition coefficient (Wildman–Crippen LogP) is 2.89. The van der Waals surface area contributed by atoms with Crippen LogP contribution in [0.1, 0.15) is 28.5 Å². The van der Waals surface area contributed by atoms with Gasteiger partial charge >= 0.3 is 0 Å². The van der Waals surface area contributed by atoms with Crippen molar-refractivity contribution in [3.05, 3.63) is 52.6 Å². The molecule has 3 rings (SSSR count). The molecular formula is C16H17ClFN3O2. The van der Waals surface area contributed by atoms with Crippen LogP contribution in [0.15, 0.2) is 35.1 Å². The van der Waals surface area contributed by atoms with Gasteiger partial charge in [0.1, 0.15) is 12.1 Å². The van der Waals surface area contributed by atoms with Gasteiger partial charge in [-0.15, -0.1) is 0 Å². The Morgan fingerprint density at radius 1 is 1.52 bits per heavy atom. The summed E-state index contributed by atoms with van der Waals surface area (Å²) in [5.41, 5.74) is 1.12. The highest BCUT2D eigenvalue weighted by Gasteiger charge is 2.33. The normalized spacial score (nSPS) is 21.5. The maximum Gasteiger partial charge on any atom is 0.273 e. The SMILES string of the molecule is CN1CC[C@@H](CNC(=O)c2ccon2)[C@@H]1c1ccc(Cl)c(F)c1. The molecule has 2 aromatic rings. The van der Waals surface area contributed by atoms with Crippen molar-refractivity contribution in [3.63, 3.8) is 0 Å². The fourth-order valence-electron chi connectivity index (χ4n) is 3.11. The van der Waals surface area contributed by atoms with Crippen molar-refractivity contribution < 1.29 is 13.7 Å². The Labute approximate surface area is 138 Å². The number of rotatable bonds is 4. The summed E-state index contributed by atoms with van der Waals surface area (Å²) in [6.45, 7) is 1.38. The molecule has 1 aliphatic heterocycles. The number of halogens is 2. The van der Waals surface area contributed by atoms with E-state index in [0.29, 0.717) is 6.54 Å². The Morgan fingerprint density at radius 2 is 2.35 bits per heavy atom. The molecule has 2 heterocycles. The minimum atomic E-state index is -0.421. The number of nitrogens with one attached hydrogen (secondary N) is 1. The van der Waals surface area contributed by atoms with Crippen LogP contribution in [0.4, 0.5) is 4.39 Å². The zero-order chi connectivity index (χ0) is 16.4. The molecule has 1 N–H and O–H groups in total. The summed E-state index contributed by atoms with van der Waals surface area (Å²) in [7, 11) is 2.00. The maximum absolute atomic E-state index is 13.7. The third kappa shape index (κ3) is 3.38. The maximum atomic E-state index is 13.7. The largest absolute Gasteiger partial charge is 0.364 e. The van der Waals surface area contributed by atoms with Crippen molar-refractivity contribution in [2.75, 3.05) is 20.1 Å². The number of carbonyl (C=O) groups excluding carboxylic acids is 1. The molecule has 1 fully saturated rings. The van der Waals surface area contributed by atoms with E-state index in [4.69, 9.17) is 11.6 Å². The van der Waals surface area contributed by atoms with Crippen LogP contribution in [0.5, 0.6) is 0 Å². The molecular weight excluding hydrogens is 321 g/mol. The lowest BCUT2D eigenvalue weighted by molar-refractivity contribution is 0.0934. The van der Waals surface area contributed by atoms with E-state index in [9.17, 15) is 9.18 Å². The molecule has 2 atom stereocenters. The number of amides is 1. The molecule has 1 aromatic carbocycles. The molecule has 5 nitrogen and oxygen atoms in total. The van der Waals surface area contributed by atoms with Gasteiger partial charge in [0.15, 0.2) is 5.69 Å². The summed E-state index contributed by atoms with van der Waals surface area (Å²) in [4.78, 5) is 14.1. The van der Waals surface area contributed by atoms with E-state index in [1.165, 1.54) is 18.4 Å². The summed E-state index contributed by atoms with van der Waals surface area (Å²) >= 11 is 5.76. The van der Waals surface area contributed by atoms with Crippen molar-refractivity contribution in [2.45, 2.75) is 12.5 Å². The quantitative estimate of drug-likeness (QED) is 0.932. The van der Waals surface area contributed by atoms with Crippen LogP contribution < -0.4 is 5.32 Å². The van der Waals surface area contributed by atoms with E-state index in [1.54, 1.807) is 6.07 Å². The molecule has 0 unspecified atom stereocenters. The van der Waals surface area contributed by atoms with Crippen LogP contribution in [0.2, 0.25) is 5.02 Å². The fourth-order valence-corrected chi connectivity index (χ4v) is 3.22. The monoisotopic (exact) mass is 337 g/mol. The van der Waals surface area contributed by atoms with Gasteiger partial charge in [0.05, 0.1) is 5.02 Å². The summed E-state index contributed by atoms with van der Waals surface area (Å²) in [5, 5.41) is 6.59. The van der Waals surface area contributed by atoms with Crippen LogP contribution in [0.25, 0.3) is 0 Å². The Hall–Kier alpha value is -1.92. The number of hydrogen-bond donors (Lipinski definition) is 1. The highest BCUT2D eigenvalue weighted by atomic mass is 35.5. The first-order valence-corrected chi connectivity index (χ1v) is 7.78. The van der Waals surface area contributed by atoms with Gasteiger partial charge in [0, 0.05) is 18.7 Å². The second-order valence-corrected chi connectivity index (χ2v) is 6.15. The van der Waals surface area contributed by atoms with E-state index in [1.807, 2.05) is 13.1 Å². The second-order valence-electron chi connectivity index (χ2n) is 5.74. The molecule has 1 amide bonds. The van der Waals surface area contributed by atoms with E-state index < -0.39 is 5.82 Å². The molecule has 1 saturated heterocycles. The summed E-state index contributed by atoms with van der Waals surface area (Å²) in [6.07, 6.45) is 2.28. The Morgan fingerprint density at radius 3 is 3.04 bits per heavy atom. The molecule has 23 heavy (non-hydrogen) atoms. The first-order valence-electron chi connectivity index (χ1n) is 7.40. The summed E-state index contributed by atoms with van der Waals surface area (Å²) in [6, 6.07) is 6.44. The lowest BCUT2D eigenvalue weighted by Crippen LogP contribution is -2.32. The average Bonchev–Trinajstić information content (AvgIpc) is 3.18. The van der Waals surface area contributed by atoms with Gasteiger partial charge in [0.2, 0.25) is 0 Å². The van der Waals surface area contributed by atoms with Gasteiger partial charge in [0.25, 0.3) is 5.91 Å². The molecule has 0 spiro atoms. The molecule has 1 aromatic heterocycles. The van der Waals surface area contributed by atoms with Crippen LogP contribution in [0.3, 0.4) is 0 Å². The first kappa shape index (κ1) is 16.0. The third-order valence-electron chi connectivity index (χ3n) is 4.25. The van der Waals surface area contributed by atoms with Crippen LogP contribution in [-0.2, 0) is 0 Å². The van der Waals surface area contributed by atoms with Gasteiger partial charge in [-0.25, -0.2) is 4.39 Å². The highest BCUT2D eigenvalue weighted by molar-refractivity contribution is 6.30. The predicted molar refractivity (Wildman–Crippen MR) is 83.7 cm³/mol. The number of aromatic nitrogens is 1. The van der Waals surface area contributed by atoms with Crippen molar-refractivity contribution in [3.8, 4) is 0 Å². The van der Waals surface area contributed by atoms with Gasteiger partial charge in [-0.3, -0.25) is 9.69 Å². The van der Waals surface area contributed by atoms with E-state index >= 15 is 0 Å². The van der Waals surface area contributed by atoms with Crippen LogP contribution >= 0.6 is 11.6 Å². The molecule has 1 aliphatic rings. The first-order chi connectivity index (χ1) is 11.1. The number of carbonyl (C=O) groups is 1. The molecule has 0 bridgehead atoms. The highest BCUT2D eigenvalue weighted by Crippen LogP contribution is 2.36. The minimum Gasteiger partial charge on any atom is -0.364 e. The Kier molecular flexibility index (Phi) is 4.63. The van der Waals surface area contributed by atoms with E-state index in [-0.39, 0.29) is 28.6 Å². The summed E-state index contributed by atoms with van der Waals surface area (Å²) in [5.74, 6) is -0.499. The Balaban J connectivity index is 1.71. The second kappa shape index (κ2) is 6.68. The summed E-state index contributed by atoms with van der Waals surface area (Å²) < 4.78 is 18.4. The number of likely N-dealkylation sites (tertiary alicyclic amines) is 1. The lowest BCUT2D eigenvalue weighted by Gasteiger charge is -2.26. The van der Waals surface area contributed by atoms with Gasteiger partial charge in [-0.2, -0.15) is 0 Å². The van der Waals surface area contributed by atoms with Crippen molar-refractivity contribution >= 4 is 17.5 Å². The minimum absolute atomic E-state index is 0.0411.